The van der Waals surface area contributed by atoms with Crippen molar-refractivity contribution in [2.75, 3.05) is 26.4 Å². The third-order valence-electron chi connectivity index (χ3n) is 9.66. The van der Waals surface area contributed by atoms with Gasteiger partial charge in [0, 0.05) is 22.2 Å². The number of nitrogens with two attached hydrogens (primary N) is 1. The van der Waals surface area contributed by atoms with Crippen LogP contribution in [0.25, 0.3) is 0 Å². The summed E-state index contributed by atoms with van der Waals surface area (Å²) < 4.78 is 10.4. The summed E-state index contributed by atoms with van der Waals surface area (Å²) >= 11 is 0. The van der Waals surface area contributed by atoms with Gasteiger partial charge < -0.3 is 30.7 Å². The predicted molar refractivity (Wildman–Crippen MR) is 223 cm³/mol. The molecule has 310 valence electrons. The number of ether oxygens (including phenoxy) is 2. The molecule has 0 spiro atoms. The first-order valence-electron chi connectivity index (χ1n) is 20.1. The minimum absolute atomic E-state index is 0. The molecule has 2 aromatic rings. The summed E-state index contributed by atoms with van der Waals surface area (Å²) in [6, 6.07) is 17.2. The summed E-state index contributed by atoms with van der Waals surface area (Å²) in [5, 5.41) is 21.2. The number of aliphatic hydroxyl groups is 2. The van der Waals surface area contributed by atoms with Crippen molar-refractivity contribution in [3.63, 3.8) is 0 Å². The van der Waals surface area contributed by atoms with Crippen LogP contribution in [0.1, 0.15) is 156 Å². The number of benzene rings is 2. The Labute approximate surface area is 329 Å². The number of unbranched alkanes of at least 4 members (excludes halogenated alkanes) is 10. The van der Waals surface area contributed by atoms with E-state index in [1.54, 1.807) is 0 Å². The molecule has 5 N–H and O–H groups in total. The molecule has 0 radical (unpaired) electrons. The second kappa shape index (κ2) is 30.0. The van der Waals surface area contributed by atoms with Gasteiger partial charge >= 0.3 is 11.9 Å². The highest BCUT2D eigenvalue weighted by molar-refractivity contribution is 5.74. The summed E-state index contributed by atoms with van der Waals surface area (Å²) in [6.07, 6.45) is 20.4. The van der Waals surface area contributed by atoms with E-state index in [0.717, 1.165) is 24.8 Å². The van der Waals surface area contributed by atoms with E-state index in [4.69, 9.17) is 15.2 Å². The largest absolute Gasteiger partial charge is 0.463 e. The third-order valence-corrected chi connectivity index (χ3v) is 9.66. The lowest BCUT2D eigenvalue weighted by Crippen LogP contribution is -2.55. The Morgan fingerprint density at radius 1 is 0.593 bits per heavy atom. The van der Waals surface area contributed by atoms with E-state index in [-0.39, 0.29) is 41.2 Å². The maximum Gasteiger partial charge on any atom is 0.302 e. The molecule has 2 rings (SSSR count). The maximum absolute atomic E-state index is 11.8. The van der Waals surface area contributed by atoms with E-state index < -0.39 is 23.0 Å². The number of carbonyl (C=O) groups is 3. The van der Waals surface area contributed by atoms with Gasteiger partial charge in [0.05, 0.1) is 18.8 Å². The van der Waals surface area contributed by atoms with Crippen LogP contribution < -0.4 is 11.1 Å². The van der Waals surface area contributed by atoms with Gasteiger partial charge in [0.2, 0.25) is 5.91 Å². The van der Waals surface area contributed by atoms with E-state index >= 15 is 0 Å². The van der Waals surface area contributed by atoms with Gasteiger partial charge in [0.1, 0.15) is 18.8 Å². The highest BCUT2D eigenvalue weighted by Crippen LogP contribution is 2.19. The molecule has 0 unspecified atom stereocenters. The smallest absolute Gasteiger partial charge is 0.302 e. The van der Waals surface area contributed by atoms with E-state index in [0.29, 0.717) is 19.3 Å². The molecule has 0 aromatic heterocycles. The fourth-order valence-electron chi connectivity index (χ4n) is 6.12. The molecule has 0 aliphatic rings. The molecule has 1 amide bonds. The molecule has 9 nitrogen and oxygen atoms in total. The first kappa shape index (κ1) is 50.7. The molecule has 0 bridgehead atoms. The molecule has 54 heavy (non-hydrogen) atoms. The Hall–Kier alpha value is -3.27. The monoisotopic (exact) mass is 760 g/mol. The van der Waals surface area contributed by atoms with E-state index in [1.165, 1.54) is 115 Å². The van der Waals surface area contributed by atoms with Crippen molar-refractivity contribution >= 4 is 17.8 Å². The molecule has 0 saturated carbocycles. The van der Waals surface area contributed by atoms with Crippen LogP contribution in [-0.2, 0) is 49.5 Å². The summed E-state index contributed by atoms with van der Waals surface area (Å²) in [5.41, 5.74) is 9.11. The van der Waals surface area contributed by atoms with Gasteiger partial charge in [-0.05, 0) is 73.6 Å². The standard InChI is InChI=1S/C25H39NO5.C19H33NO2.CH4.H2/c1-5-6-7-8-9-10-11-23-12-14-24(15-13-23)16-17-25(26-20(2)27,18-30-21(3)28)19-31-22(4)29;1-2-3-4-5-6-7-8-17-9-11-18(12-10-17)13-14-19(20,15-21)16-22;;/h12-15H,5-11,16-19H2,1-4H3,(H,26,27);9-12,21-22H,2-8,13-16,20H2,1H3;1H4;1H/i;;;1+1. The number of aliphatic hydroxyl groups excluding tert-OH is 2. The van der Waals surface area contributed by atoms with Crippen molar-refractivity contribution < 1.29 is 35.5 Å². The highest BCUT2D eigenvalue weighted by atomic mass is 16.5. The number of hydrogen-bond donors (Lipinski definition) is 4. The lowest BCUT2D eigenvalue weighted by molar-refractivity contribution is -0.150. The second-order valence-electron chi connectivity index (χ2n) is 14.9. The van der Waals surface area contributed by atoms with Crippen LogP contribution in [0.4, 0.5) is 0 Å². The van der Waals surface area contributed by atoms with E-state index in [1.807, 2.05) is 0 Å². The molecule has 9 heteroatoms. The first-order chi connectivity index (χ1) is 25.4. The van der Waals surface area contributed by atoms with Crippen molar-refractivity contribution in [1.29, 1.82) is 0 Å². The molecule has 0 aliphatic carbocycles. The molecule has 0 fully saturated rings. The fourth-order valence-corrected chi connectivity index (χ4v) is 6.12. The van der Waals surface area contributed by atoms with Crippen molar-refractivity contribution in [2.24, 2.45) is 5.73 Å². The summed E-state index contributed by atoms with van der Waals surface area (Å²) in [4.78, 5) is 34.5. The van der Waals surface area contributed by atoms with Crippen LogP contribution in [0.3, 0.4) is 0 Å². The fraction of sp³-hybridized carbons (Fsp3) is 0.667. The topological polar surface area (TPSA) is 148 Å². The minimum atomic E-state index is -0.958. The zero-order chi connectivity index (χ0) is 39.4. The van der Waals surface area contributed by atoms with E-state index in [2.05, 4.69) is 67.7 Å². The molecule has 2 aromatic carbocycles. The second-order valence-corrected chi connectivity index (χ2v) is 14.9. The Bertz CT molecular complexity index is 1250. The van der Waals surface area contributed by atoms with Gasteiger partial charge in [-0.25, -0.2) is 0 Å². The summed E-state index contributed by atoms with van der Waals surface area (Å²) in [7, 11) is 0. The van der Waals surface area contributed by atoms with Crippen molar-refractivity contribution in [3.05, 3.63) is 70.8 Å². The van der Waals surface area contributed by atoms with Crippen LogP contribution in [0, 0.1) is 0 Å². The van der Waals surface area contributed by atoms with Gasteiger partial charge in [-0.3, -0.25) is 14.4 Å². The number of rotatable bonds is 27. The molecule has 0 heterocycles. The van der Waals surface area contributed by atoms with Crippen molar-refractivity contribution in [2.45, 2.75) is 169 Å². The average molecular weight is 760 g/mol. The van der Waals surface area contributed by atoms with Crippen LogP contribution in [0.15, 0.2) is 48.5 Å². The number of nitrogens with one attached hydrogen (secondary N) is 1. The zero-order valence-corrected chi connectivity index (χ0v) is 33.7. The van der Waals surface area contributed by atoms with Gasteiger partial charge in [-0.15, -0.1) is 0 Å². The molecule has 0 atom stereocenters. The van der Waals surface area contributed by atoms with Crippen LogP contribution in [0.2, 0.25) is 0 Å². The van der Waals surface area contributed by atoms with Crippen molar-refractivity contribution in [1.82, 2.24) is 5.32 Å². The summed E-state index contributed by atoms with van der Waals surface area (Å²) in [6.45, 7) is 8.04. The minimum Gasteiger partial charge on any atom is -0.463 e. The van der Waals surface area contributed by atoms with Crippen LogP contribution >= 0.6 is 0 Å². The normalized spacial score (nSPS) is 11.2. The Kier molecular flexibility index (Phi) is 28.2. The SMILES string of the molecule is C.CCCCCCCCc1ccc(CCC(COC(C)=O)(COC(C)=O)NC(C)=O)cc1.CCCCCCCCc1ccc(CCC(N)(CO)CO)cc1.[2HH]. The third kappa shape index (κ3) is 24.2. The quantitative estimate of drug-likeness (QED) is 0.0523. The van der Waals surface area contributed by atoms with Crippen molar-refractivity contribution in [3.8, 4) is 0 Å². The number of carbonyl (C=O) groups excluding carboxylic acids is 3. The average Bonchev–Trinajstić information content (AvgIpc) is 3.15. The number of aryl methyl sites for hydroxylation is 4. The Morgan fingerprint density at radius 3 is 1.26 bits per heavy atom. The lowest BCUT2D eigenvalue weighted by atomic mass is 9.91. The highest BCUT2D eigenvalue weighted by Gasteiger charge is 2.34. The Balaban J connectivity index is 0. The summed E-state index contributed by atoms with van der Waals surface area (Å²) in [5.74, 6) is -1.17. The molecule has 0 aliphatic heterocycles. The molecule has 0 saturated heterocycles. The number of hydrogen-bond acceptors (Lipinski definition) is 8. The van der Waals surface area contributed by atoms with Gasteiger partial charge in [0.15, 0.2) is 0 Å². The lowest BCUT2D eigenvalue weighted by Gasteiger charge is -2.33. The van der Waals surface area contributed by atoms with Gasteiger partial charge in [0.25, 0.3) is 0 Å². The molecular formula is C45H78N2O7. The van der Waals surface area contributed by atoms with Crippen LogP contribution in [0.5, 0.6) is 0 Å². The predicted octanol–water partition coefficient (Wildman–Crippen LogP) is 8.61. The number of amides is 1. The maximum atomic E-state index is 11.8. The van der Waals surface area contributed by atoms with Crippen LogP contribution in [-0.4, -0.2) is 65.6 Å². The molecular weight excluding hydrogens is 681 g/mol. The zero-order valence-electron chi connectivity index (χ0n) is 33.7. The van der Waals surface area contributed by atoms with E-state index in [9.17, 15) is 24.6 Å². The Morgan fingerprint density at radius 2 is 0.926 bits per heavy atom. The van der Waals surface area contributed by atoms with Gasteiger partial charge in [-0.1, -0.05) is 134 Å². The number of esters is 2. The first-order valence-corrected chi connectivity index (χ1v) is 20.1. The van der Waals surface area contributed by atoms with Gasteiger partial charge in [-0.2, -0.15) is 0 Å².